The Bertz CT molecular complexity index is 157. The largest absolute Gasteiger partial charge is 2.00 e. The van der Waals surface area contributed by atoms with Crippen LogP contribution in [0.5, 0.6) is 0 Å². The van der Waals surface area contributed by atoms with E-state index in [0.717, 1.165) is 0 Å². The van der Waals surface area contributed by atoms with Crippen LogP contribution in [0.2, 0.25) is 0 Å². The van der Waals surface area contributed by atoms with Crippen LogP contribution in [0.1, 0.15) is 0 Å². The molecule has 0 saturated carbocycles. The van der Waals surface area contributed by atoms with E-state index in [1.165, 1.54) is 0 Å². The minimum absolute atomic E-state index is 0. The second-order valence-electron chi connectivity index (χ2n) is 0.976. The molecule has 0 aliphatic carbocycles. The zero-order valence-electron chi connectivity index (χ0n) is 4.84. The maximum Gasteiger partial charge on any atom is 2.00 e. The molecule has 11 heavy (non-hydrogen) atoms. The van der Waals surface area contributed by atoms with Crippen LogP contribution in [0.3, 0.4) is 0 Å². The van der Waals surface area contributed by atoms with Crippen molar-refractivity contribution in [2.45, 2.75) is 0 Å². The Morgan fingerprint density at radius 3 is 1.09 bits per heavy atom. The zero-order valence-corrected chi connectivity index (χ0v) is 10.8. The molecule has 0 rings (SSSR count). The minimum Gasteiger partial charge on any atom is -0.790 e. The molecule has 0 fully saturated rings. The molecule has 0 heterocycles. The zero-order chi connectivity index (χ0) is 7.71. The van der Waals surface area contributed by atoms with E-state index in [0.29, 0.717) is 0 Å². The van der Waals surface area contributed by atoms with E-state index in [9.17, 15) is 28.7 Å². The van der Waals surface area contributed by atoms with Gasteiger partial charge >= 0.3 is 36.5 Å². The monoisotopic (exact) mass is 293 g/mol. The van der Waals surface area contributed by atoms with Gasteiger partial charge in [-0.3, -0.25) is 0 Å². The Labute approximate surface area is 85.2 Å². The normalized spacial score (nSPS) is 11.3. The van der Waals surface area contributed by atoms with Gasteiger partial charge in [-0.25, -0.2) is 0 Å². The first-order valence-corrected chi connectivity index (χ1v) is 4.38. The fourth-order valence-corrected chi connectivity index (χ4v) is 1.10. The van der Waals surface area contributed by atoms with Crippen LogP contribution >= 0.6 is 15.6 Å². The molecule has 0 atom stereocenters. The Balaban J connectivity index is -0.000000320. The molecule has 0 N–H and O–H groups in total. The van der Waals surface area contributed by atoms with Gasteiger partial charge in [0.25, 0.3) is 0 Å². The van der Waals surface area contributed by atoms with E-state index in [1.54, 1.807) is 0 Å². The summed E-state index contributed by atoms with van der Waals surface area (Å²) in [7, 11) is -11.4. The van der Waals surface area contributed by atoms with Gasteiger partial charge in [0.05, 0.1) is 15.6 Å². The van der Waals surface area contributed by atoms with Crippen LogP contribution in [-0.4, -0.2) is 0 Å². The SMILES string of the molecule is O=P([O-])([O-])OP(=O)([O-])[O-].[Mn+2].[Zn+2]. The molecular formula is MnO7P2Zn. The van der Waals surface area contributed by atoms with Crippen molar-refractivity contribution in [2.24, 2.45) is 0 Å². The molecule has 7 nitrogen and oxygen atoms in total. The third-order valence-corrected chi connectivity index (χ3v) is 1.80. The summed E-state index contributed by atoms with van der Waals surface area (Å²) < 4.78 is 21.2. The van der Waals surface area contributed by atoms with Crippen LogP contribution in [0.15, 0.2) is 0 Å². The second kappa shape index (κ2) is 5.95. The van der Waals surface area contributed by atoms with Crippen molar-refractivity contribution >= 4 is 15.6 Å². The van der Waals surface area contributed by atoms with E-state index in [4.69, 9.17) is 0 Å². The van der Waals surface area contributed by atoms with Gasteiger partial charge in [0.15, 0.2) is 0 Å². The van der Waals surface area contributed by atoms with Gasteiger partial charge < -0.3 is 33.0 Å². The van der Waals surface area contributed by atoms with Crippen molar-refractivity contribution in [1.29, 1.82) is 0 Å². The van der Waals surface area contributed by atoms with E-state index < -0.39 is 15.6 Å². The smallest absolute Gasteiger partial charge is 0.790 e. The van der Waals surface area contributed by atoms with Crippen molar-refractivity contribution < 1.29 is 69.6 Å². The summed E-state index contributed by atoms with van der Waals surface area (Å²) in [4.78, 5) is 37.3. The molecule has 0 amide bonds. The standard InChI is InChI=1S/Mn.H4O7P2.Zn/c;1-8(2,3)7-9(4,5)6;/h;(H2,1,2,3)(H2,4,5,6);/q+2;;+2/p-4. The third-order valence-electron chi connectivity index (χ3n) is 0.200. The maximum absolute atomic E-state index is 9.32. The first kappa shape index (κ1) is 18.2. The van der Waals surface area contributed by atoms with E-state index in [-0.39, 0.29) is 36.5 Å². The third kappa shape index (κ3) is 18.4. The fourth-order valence-electron chi connectivity index (χ4n) is 0.122. The molecule has 0 bridgehead atoms. The van der Waals surface area contributed by atoms with Gasteiger partial charge in [-0.2, -0.15) is 0 Å². The van der Waals surface area contributed by atoms with Crippen molar-refractivity contribution in [2.75, 3.05) is 0 Å². The molecule has 0 aromatic rings. The Morgan fingerprint density at radius 2 is 1.09 bits per heavy atom. The molecular weight excluding hydrogens is 294 g/mol. The van der Waals surface area contributed by atoms with Gasteiger partial charge in [0, 0.05) is 0 Å². The Kier molecular flexibility index (Phi) is 9.86. The fraction of sp³-hybridized carbons (Fsp3) is 0. The van der Waals surface area contributed by atoms with E-state index in [2.05, 4.69) is 4.31 Å². The minimum atomic E-state index is -5.68. The quantitative estimate of drug-likeness (QED) is 0.383. The van der Waals surface area contributed by atoms with Crippen LogP contribution in [-0.2, 0) is 50.0 Å². The molecule has 1 radical (unpaired) electrons. The molecule has 0 unspecified atom stereocenters. The summed E-state index contributed by atoms with van der Waals surface area (Å²) in [5, 5.41) is 0. The Morgan fingerprint density at radius 1 is 0.909 bits per heavy atom. The van der Waals surface area contributed by atoms with Crippen molar-refractivity contribution in [3.05, 3.63) is 0 Å². The van der Waals surface area contributed by atoms with Crippen molar-refractivity contribution in [3.8, 4) is 0 Å². The van der Waals surface area contributed by atoms with E-state index in [1.807, 2.05) is 0 Å². The molecule has 0 aliphatic rings. The topological polar surface area (TPSA) is 136 Å². The van der Waals surface area contributed by atoms with Crippen LogP contribution in [0.4, 0.5) is 0 Å². The predicted octanol–water partition coefficient (Wildman–Crippen LogP) is -3.34. The molecule has 0 spiro atoms. The van der Waals surface area contributed by atoms with Crippen LogP contribution < -0.4 is 19.6 Å². The van der Waals surface area contributed by atoms with Crippen LogP contribution in [0, 0.1) is 0 Å². The number of phosphoric acid groups is 2. The number of hydrogen-bond donors (Lipinski definition) is 0. The molecule has 0 saturated heterocycles. The molecule has 0 aliphatic heterocycles. The van der Waals surface area contributed by atoms with Gasteiger partial charge in [0.2, 0.25) is 0 Å². The molecule has 0 aromatic heterocycles. The van der Waals surface area contributed by atoms with Gasteiger partial charge in [-0.1, -0.05) is 0 Å². The van der Waals surface area contributed by atoms with Crippen LogP contribution in [0.25, 0.3) is 0 Å². The average Bonchev–Trinajstić information content (AvgIpc) is 1.14. The number of hydrogen-bond acceptors (Lipinski definition) is 7. The van der Waals surface area contributed by atoms with Gasteiger partial charge in [0.1, 0.15) is 0 Å². The summed E-state index contributed by atoms with van der Waals surface area (Å²) in [6.45, 7) is 0. The van der Waals surface area contributed by atoms with Gasteiger partial charge in [-0.15, -0.1) is 0 Å². The maximum atomic E-state index is 9.32. The average molecular weight is 294 g/mol. The first-order chi connectivity index (χ1) is 3.71. The second-order valence-corrected chi connectivity index (χ2v) is 3.42. The van der Waals surface area contributed by atoms with E-state index >= 15 is 0 Å². The predicted molar refractivity (Wildman–Crippen MR) is 16.3 cm³/mol. The molecule has 11 heteroatoms. The van der Waals surface area contributed by atoms with Crippen molar-refractivity contribution in [3.63, 3.8) is 0 Å². The summed E-state index contributed by atoms with van der Waals surface area (Å²) in [6.07, 6.45) is 0. The first-order valence-electron chi connectivity index (χ1n) is 1.46. The summed E-state index contributed by atoms with van der Waals surface area (Å²) in [5.41, 5.74) is 0. The van der Waals surface area contributed by atoms with Crippen molar-refractivity contribution in [1.82, 2.24) is 0 Å². The van der Waals surface area contributed by atoms with Gasteiger partial charge in [-0.05, 0) is 0 Å². The summed E-state index contributed by atoms with van der Waals surface area (Å²) in [5.74, 6) is 0. The number of rotatable bonds is 2. The summed E-state index contributed by atoms with van der Waals surface area (Å²) in [6, 6.07) is 0. The summed E-state index contributed by atoms with van der Waals surface area (Å²) >= 11 is 0. The molecule has 0 aromatic carbocycles. The molecule has 61 valence electrons. The Hall–Kier alpha value is 1.40.